The van der Waals surface area contributed by atoms with Gasteiger partial charge in [0.15, 0.2) is 0 Å². The van der Waals surface area contributed by atoms with Gasteiger partial charge in [-0.25, -0.2) is 4.79 Å². The van der Waals surface area contributed by atoms with Crippen molar-refractivity contribution in [1.82, 2.24) is 4.90 Å². The largest absolute Gasteiger partial charge is 0.362 e. The summed E-state index contributed by atoms with van der Waals surface area (Å²) >= 11 is 0. The molecule has 0 radical (unpaired) electrons. The zero-order valence-corrected chi connectivity index (χ0v) is 12.6. The number of allylic oxidation sites excluding steroid dienone is 3. The van der Waals surface area contributed by atoms with Gasteiger partial charge in [-0.3, -0.25) is 0 Å². The summed E-state index contributed by atoms with van der Waals surface area (Å²) in [7, 11) is 0. The summed E-state index contributed by atoms with van der Waals surface area (Å²) in [5.74, 6) is 2.01. The number of rotatable bonds is 10. The van der Waals surface area contributed by atoms with Gasteiger partial charge in [0.2, 0.25) is 0 Å². The first-order valence-corrected chi connectivity index (χ1v) is 7.10. The van der Waals surface area contributed by atoms with E-state index < -0.39 is 0 Å². The van der Waals surface area contributed by atoms with E-state index in [4.69, 9.17) is 0 Å². The fourth-order valence-corrected chi connectivity index (χ4v) is 2.74. The average molecular weight is 261 g/mol. The molecule has 0 rings (SSSR count). The molecule has 0 heterocycles. The Kier molecular flexibility index (Phi) is 8.65. The molecule has 2 nitrogen and oxygen atoms in total. The number of nitrogens with zero attached hydrogens (tertiary/aromatic N) is 1. The highest BCUT2D eigenvalue weighted by atomic mass is 16.1. The van der Waals surface area contributed by atoms with E-state index in [2.05, 4.69) is 38.8 Å². The zero-order valence-electron chi connectivity index (χ0n) is 12.6. The zero-order chi connectivity index (χ0) is 14.7. The Bertz CT molecular complexity index is 355. The second kappa shape index (κ2) is 9.41. The van der Waals surface area contributed by atoms with E-state index in [1.165, 1.54) is 0 Å². The lowest BCUT2D eigenvalue weighted by Gasteiger charge is -2.43. The van der Waals surface area contributed by atoms with Crippen LogP contribution >= 0.6 is 0 Å². The number of likely N-dealkylation sites (N-methyl/N-ethyl adjacent to an activating group) is 1. The predicted molar refractivity (Wildman–Crippen MR) is 83.7 cm³/mol. The van der Waals surface area contributed by atoms with Crippen LogP contribution in [0.5, 0.6) is 0 Å². The van der Waals surface area contributed by atoms with E-state index in [1.807, 2.05) is 18.1 Å². The molecule has 0 aliphatic carbocycles. The van der Waals surface area contributed by atoms with Crippen LogP contribution in [0.2, 0.25) is 0 Å². The molecule has 106 valence electrons. The molecular weight excluding hydrogens is 234 g/mol. The lowest BCUT2D eigenvalue weighted by molar-refractivity contribution is 0.165. The molecule has 0 fully saturated rings. The van der Waals surface area contributed by atoms with Gasteiger partial charge >= 0.3 is 0 Å². The summed E-state index contributed by atoms with van der Waals surface area (Å²) in [5, 5.41) is 0. The van der Waals surface area contributed by atoms with Crippen molar-refractivity contribution in [2.24, 2.45) is 0 Å². The monoisotopic (exact) mass is 261 g/mol. The minimum Gasteiger partial charge on any atom is -0.362 e. The van der Waals surface area contributed by atoms with Crippen LogP contribution in [-0.2, 0) is 4.79 Å². The maximum absolute atomic E-state index is 11.0. The van der Waals surface area contributed by atoms with Crippen LogP contribution in [0.3, 0.4) is 0 Å². The Hall–Kier alpha value is -1.53. The second-order valence-corrected chi connectivity index (χ2v) is 4.64. The van der Waals surface area contributed by atoms with Gasteiger partial charge < -0.3 is 4.90 Å². The molecule has 0 saturated heterocycles. The summed E-state index contributed by atoms with van der Waals surface area (Å²) in [6, 6.07) is 0. The topological polar surface area (TPSA) is 20.3 Å². The van der Waals surface area contributed by atoms with E-state index in [1.54, 1.807) is 12.2 Å². The second-order valence-electron chi connectivity index (χ2n) is 4.64. The Labute approximate surface area is 118 Å². The first kappa shape index (κ1) is 17.5. The van der Waals surface area contributed by atoms with E-state index in [-0.39, 0.29) is 5.54 Å². The van der Waals surface area contributed by atoms with Gasteiger partial charge in [-0.1, -0.05) is 45.9 Å². The molecular formula is C17H27NO. The van der Waals surface area contributed by atoms with Gasteiger partial charge in [-0.15, -0.1) is 0 Å². The van der Waals surface area contributed by atoms with Crippen molar-refractivity contribution in [1.29, 1.82) is 0 Å². The SMILES string of the molecule is C=C/C=C(\C=C)N(CC)C(C=C=O)(CCC)CCC. The average Bonchev–Trinajstić information content (AvgIpc) is 2.39. The van der Waals surface area contributed by atoms with E-state index in [9.17, 15) is 4.79 Å². The Balaban J connectivity index is 5.73. The van der Waals surface area contributed by atoms with Crippen molar-refractivity contribution in [3.63, 3.8) is 0 Å². The highest BCUT2D eigenvalue weighted by molar-refractivity contribution is 5.49. The maximum atomic E-state index is 11.0. The Morgan fingerprint density at radius 1 is 1.21 bits per heavy atom. The van der Waals surface area contributed by atoms with Gasteiger partial charge in [0.05, 0.1) is 5.54 Å². The third-order valence-electron chi connectivity index (χ3n) is 3.36. The molecule has 0 amide bonds. The fraction of sp³-hybridized carbons (Fsp3) is 0.529. The molecule has 0 atom stereocenters. The van der Waals surface area contributed by atoms with Crippen LogP contribution in [-0.4, -0.2) is 22.9 Å². The molecule has 0 bridgehead atoms. The quantitative estimate of drug-likeness (QED) is 0.432. The molecule has 0 aromatic heterocycles. The number of hydrogen-bond donors (Lipinski definition) is 0. The third kappa shape index (κ3) is 4.57. The molecule has 0 saturated carbocycles. The van der Waals surface area contributed by atoms with Gasteiger partial charge in [0.1, 0.15) is 5.94 Å². The highest BCUT2D eigenvalue weighted by Crippen LogP contribution is 2.31. The molecule has 2 heteroatoms. The summed E-state index contributed by atoms with van der Waals surface area (Å²) in [4.78, 5) is 13.2. The number of hydrogen-bond acceptors (Lipinski definition) is 2. The molecule has 0 spiro atoms. The Morgan fingerprint density at radius 3 is 2.11 bits per heavy atom. The standard InChI is InChI=1S/C17H27NO/c1-6-11-16(9-4)18(10-5)17(12-7-2,13-8-3)14-15-19/h6,9,11,14H,1,4,7-8,10,12-13H2,2-3,5H3/b16-11+. The van der Waals surface area contributed by atoms with Crippen LogP contribution in [0.15, 0.2) is 43.2 Å². The van der Waals surface area contributed by atoms with Crippen LogP contribution in [0.25, 0.3) is 0 Å². The molecule has 0 aromatic carbocycles. The summed E-state index contributed by atoms with van der Waals surface area (Å²) in [5.41, 5.74) is 0.745. The van der Waals surface area contributed by atoms with Crippen molar-refractivity contribution in [2.75, 3.05) is 6.54 Å². The van der Waals surface area contributed by atoms with Crippen molar-refractivity contribution in [3.8, 4) is 0 Å². The molecule has 0 N–H and O–H groups in total. The minimum absolute atomic E-state index is 0.261. The molecule has 0 aliphatic rings. The van der Waals surface area contributed by atoms with Crippen LogP contribution in [0.4, 0.5) is 0 Å². The van der Waals surface area contributed by atoms with E-state index >= 15 is 0 Å². The predicted octanol–water partition coefficient (Wildman–Crippen LogP) is 4.29. The smallest absolute Gasteiger partial charge is 0.122 e. The molecule has 0 aromatic rings. The van der Waals surface area contributed by atoms with Gasteiger partial charge in [-0.05, 0) is 31.9 Å². The highest BCUT2D eigenvalue weighted by Gasteiger charge is 2.32. The first-order valence-electron chi connectivity index (χ1n) is 7.10. The lowest BCUT2D eigenvalue weighted by Crippen LogP contribution is -2.46. The van der Waals surface area contributed by atoms with Crippen LogP contribution in [0.1, 0.15) is 46.5 Å². The van der Waals surface area contributed by atoms with Crippen LogP contribution in [0, 0.1) is 0 Å². The normalized spacial score (nSPS) is 11.6. The van der Waals surface area contributed by atoms with Gasteiger partial charge in [-0.2, -0.15) is 0 Å². The van der Waals surface area contributed by atoms with Crippen molar-refractivity contribution < 1.29 is 4.79 Å². The van der Waals surface area contributed by atoms with Crippen molar-refractivity contribution in [3.05, 3.63) is 43.2 Å². The van der Waals surface area contributed by atoms with Gasteiger partial charge in [0, 0.05) is 18.3 Å². The van der Waals surface area contributed by atoms with E-state index in [0.717, 1.165) is 37.9 Å². The number of carbonyl (C=O) groups excluding carboxylic acids is 1. The molecule has 19 heavy (non-hydrogen) atoms. The molecule has 0 unspecified atom stereocenters. The van der Waals surface area contributed by atoms with Gasteiger partial charge in [0.25, 0.3) is 0 Å². The summed E-state index contributed by atoms with van der Waals surface area (Å²) < 4.78 is 0. The minimum atomic E-state index is -0.261. The summed E-state index contributed by atoms with van der Waals surface area (Å²) in [6.45, 7) is 14.8. The van der Waals surface area contributed by atoms with Crippen molar-refractivity contribution in [2.45, 2.75) is 52.0 Å². The van der Waals surface area contributed by atoms with E-state index in [0.29, 0.717) is 0 Å². The Morgan fingerprint density at radius 2 is 1.79 bits per heavy atom. The summed E-state index contributed by atoms with van der Waals surface area (Å²) in [6.07, 6.45) is 11.1. The maximum Gasteiger partial charge on any atom is 0.122 e. The fourth-order valence-electron chi connectivity index (χ4n) is 2.74. The van der Waals surface area contributed by atoms with Crippen LogP contribution < -0.4 is 0 Å². The molecule has 0 aliphatic heterocycles. The first-order chi connectivity index (χ1) is 9.15. The van der Waals surface area contributed by atoms with Crippen molar-refractivity contribution >= 4 is 5.94 Å². The third-order valence-corrected chi connectivity index (χ3v) is 3.36. The lowest BCUT2D eigenvalue weighted by atomic mass is 9.86.